The van der Waals surface area contributed by atoms with Crippen LogP contribution in [0.5, 0.6) is 0 Å². The molecule has 6 nitrogen and oxygen atoms in total. The summed E-state index contributed by atoms with van der Waals surface area (Å²) in [5.74, 6) is -0.0572. The second-order valence-corrected chi connectivity index (χ2v) is 10.4. The van der Waals surface area contributed by atoms with Crippen molar-refractivity contribution in [3.8, 4) is 5.69 Å². The zero-order chi connectivity index (χ0) is 26.8. The topological polar surface area (TPSA) is 62.2 Å². The van der Waals surface area contributed by atoms with Crippen molar-refractivity contribution in [2.45, 2.75) is 39.3 Å². The fraction of sp³-hybridized carbons (Fsp3) is 0.233. The van der Waals surface area contributed by atoms with Crippen LogP contribution in [0.4, 0.5) is 5.69 Å². The van der Waals surface area contributed by atoms with Gasteiger partial charge in [0.05, 0.1) is 28.5 Å². The molecule has 1 saturated heterocycles. The molecule has 0 radical (unpaired) electrons. The molecule has 194 valence electrons. The lowest BCUT2D eigenvalue weighted by molar-refractivity contribution is -0.116. The molecule has 0 spiro atoms. The van der Waals surface area contributed by atoms with E-state index in [4.69, 9.17) is 23.8 Å². The Morgan fingerprint density at radius 1 is 1.05 bits per heavy atom. The summed E-state index contributed by atoms with van der Waals surface area (Å²) in [6.07, 6.45) is 2.09. The third-order valence-electron chi connectivity index (χ3n) is 7.00. The molecule has 4 aromatic rings. The third kappa shape index (κ3) is 5.17. The molecular formula is C30H30ClN5OS. The van der Waals surface area contributed by atoms with Crippen molar-refractivity contribution in [2.75, 3.05) is 11.9 Å². The lowest BCUT2D eigenvalue weighted by Gasteiger charge is -2.28. The molecule has 0 bridgehead atoms. The molecule has 38 heavy (non-hydrogen) atoms. The Bertz CT molecular complexity index is 1470. The van der Waals surface area contributed by atoms with Crippen LogP contribution in [-0.4, -0.2) is 32.0 Å². The lowest BCUT2D eigenvalue weighted by atomic mass is 9.96. The number of aromatic nitrogens is 2. The van der Waals surface area contributed by atoms with E-state index in [-0.39, 0.29) is 18.0 Å². The molecule has 0 saturated carbocycles. The zero-order valence-corrected chi connectivity index (χ0v) is 23.2. The molecule has 0 aliphatic carbocycles. The predicted molar refractivity (Wildman–Crippen MR) is 157 cm³/mol. The number of amides is 1. The van der Waals surface area contributed by atoms with Crippen molar-refractivity contribution in [3.05, 3.63) is 112 Å². The molecule has 3 heterocycles. The second kappa shape index (κ2) is 11.0. The number of anilines is 1. The molecule has 1 fully saturated rings. The summed E-state index contributed by atoms with van der Waals surface area (Å²) in [7, 11) is 0. The van der Waals surface area contributed by atoms with Crippen LogP contribution in [0.3, 0.4) is 0 Å². The van der Waals surface area contributed by atoms with Gasteiger partial charge in [0, 0.05) is 36.2 Å². The van der Waals surface area contributed by atoms with Gasteiger partial charge in [-0.15, -0.1) is 0 Å². The average molecular weight is 544 g/mol. The van der Waals surface area contributed by atoms with Gasteiger partial charge in [0.15, 0.2) is 5.11 Å². The molecule has 8 heteroatoms. The largest absolute Gasteiger partial charge is 0.352 e. The van der Waals surface area contributed by atoms with Crippen LogP contribution in [0, 0.1) is 20.8 Å². The Morgan fingerprint density at radius 3 is 2.50 bits per heavy atom. The lowest BCUT2D eigenvalue weighted by Crippen LogP contribution is -2.32. The van der Waals surface area contributed by atoms with E-state index in [1.54, 1.807) is 6.20 Å². The van der Waals surface area contributed by atoms with Crippen molar-refractivity contribution in [1.82, 2.24) is 19.8 Å². The summed E-state index contributed by atoms with van der Waals surface area (Å²) in [5, 5.41) is 7.78. The van der Waals surface area contributed by atoms with Crippen molar-refractivity contribution in [1.29, 1.82) is 0 Å². The van der Waals surface area contributed by atoms with Gasteiger partial charge in [-0.2, -0.15) is 0 Å². The van der Waals surface area contributed by atoms with E-state index >= 15 is 0 Å². The van der Waals surface area contributed by atoms with E-state index in [1.165, 1.54) is 0 Å². The maximum atomic E-state index is 12.9. The number of nitrogens with one attached hydrogen (secondary N) is 2. The van der Waals surface area contributed by atoms with Crippen molar-refractivity contribution in [2.24, 2.45) is 0 Å². The highest BCUT2D eigenvalue weighted by molar-refractivity contribution is 7.80. The number of para-hydroxylation sites is 1. The molecular weight excluding hydrogens is 514 g/mol. The summed E-state index contributed by atoms with van der Waals surface area (Å²) in [5.41, 5.74) is 7.02. The Morgan fingerprint density at radius 2 is 1.79 bits per heavy atom. The molecule has 1 aliphatic heterocycles. The Kier molecular flexibility index (Phi) is 7.49. The molecule has 2 aromatic carbocycles. The number of thiocarbonyl (C=S) groups is 1. The van der Waals surface area contributed by atoms with Crippen LogP contribution in [0.1, 0.15) is 46.7 Å². The van der Waals surface area contributed by atoms with E-state index in [0.717, 1.165) is 39.6 Å². The first-order chi connectivity index (χ1) is 18.3. The fourth-order valence-electron chi connectivity index (χ4n) is 5.16. The number of hydrogen-bond acceptors (Lipinski definition) is 3. The minimum Gasteiger partial charge on any atom is -0.352 e. The number of hydrogen-bond donors (Lipinski definition) is 2. The van der Waals surface area contributed by atoms with Crippen LogP contribution < -0.4 is 10.6 Å². The summed E-state index contributed by atoms with van der Waals surface area (Å²) in [6, 6.07) is 23.4. The number of aryl methyl sites for hydroxylation is 2. The highest BCUT2D eigenvalue weighted by Gasteiger charge is 2.41. The van der Waals surface area contributed by atoms with Gasteiger partial charge in [0.1, 0.15) is 0 Å². The van der Waals surface area contributed by atoms with Gasteiger partial charge >= 0.3 is 0 Å². The summed E-state index contributed by atoms with van der Waals surface area (Å²) < 4.78 is 2.18. The maximum Gasteiger partial charge on any atom is 0.226 e. The van der Waals surface area contributed by atoms with Gasteiger partial charge in [-0.25, -0.2) is 0 Å². The van der Waals surface area contributed by atoms with Crippen LogP contribution in [0.15, 0.2) is 79.0 Å². The number of halogens is 1. The Labute approximate surface area is 233 Å². The number of benzene rings is 2. The molecule has 1 amide bonds. The highest BCUT2D eigenvalue weighted by atomic mass is 35.5. The standard InChI is InChI=1S/C30H30ClN5OS/c1-19-11-13-22(14-12-19)33-27(37)15-17-35-29(28(34-30(35)38)25-9-6-7-16-32-25)23-18-20(2)36(21(23)3)26-10-5-4-8-24(26)31/h4-14,16,18,28-29H,15,17H2,1-3H3,(H,33,37)(H,34,38)/t28-,29+/m0/s1. The first kappa shape index (κ1) is 25.9. The quantitative estimate of drug-likeness (QED) is 0.262. The van der Waals surface area contributed by atoms with E-state index in [1.807, 2.05) is 73.7 Å². The van der Waals surface area contributed by atoms with Crippen molar-refractivity contribution < 1.29 is 4.79 Å². The normalized spacial score (nSPS) is 16.9. The number of carbonyl (C=O) groups is 1. The summed E-state index contributed by atoms with van der Waals surface area (Å²) >= 11 is 12.4. The minimum atomic E-state index is -0.163. The smallest absolute Gasteiger partial charge is 0.226 e. The minimum absolute atomic E-state index is 0.0572. The Balaban J connectivity index is 1.47. The molecule has 1 aliphatic rings. The molecule has 2 atom stereocenters. The van der Waals surface area contributed by atoms with Gasteiger partial charge in [0.25, 0.3) is 0 Å². The highest BCUT2D eigenvalue weighted by Crippen LogP contribution is 2.41. The number of rotatable bonds is 7. The monoisotopic (exact) mass is 543 g/mol. The SMILES string of the molecule is Cc1ccc(NC(=O)CCN2C(=S)N[C@@H](c3ccccn3)[C@H]2c2cc(C)n(-c3ccccc3Cl)c2C)cc1. The average Bonchev–Trinajstić information content (AvgIpc) is 3.39. The van der Waals surface area contributed by atoms with Crippen LogP contribution in [0.25, 0.3) is 5.69 Å². The summed E-state index contributed by atoms with van der Waals surface area (Å²) in [6.45, 7) is 6.67. The molecule has 2 N–H and O–H groups in total. The number of pyridine rings is 1. The van der Waals surface area contributed by atoms with E-state index in [9.17, 15) is 4.79 Å². The van der Waals surface area contributed by atoms with Crippen molar-refractivity contribution in [3.63, 3.8) is 0 Å². The molecule has 2 aromatic heterocycles. The van der Waals surface area contributed by atoms with E-state index in [0.29, 0.717) is 23.1 Å². The van der Waals surface area contributed by atoms with Crippen LogP contribution in [-0.2, 0) is 4.79 Å². The maximum absolute atomic E-state index is 12.9. The first-order valence-corrected chi connectivity index (χ1v) is 13.4. The van der Waals surface area contributed by atoms with Gasteiger partial charge in [0.2, 0.25) is 5.91 Å². The van der Waals surface area contributed by atoms with Gasteiger partial charge in [-0.05, 0) is 81.0 Å². The number of carbonyl (C=O) groups excluding carboxylic acids is 1. The second-order valence-electron chi connectivity index (χ2n) is 9.60. The van der Waals surface area contributed by atoms with Crippen molar-refractivity contribution >= 4 is 40.5 Å². The fourth-order valence-corrected chi connectivity index (χ4v) is 5.71. The predicted octanol–water partition coefficient (Wildman–Crippen LogP) is 6.45. The first-order valence-electron chi connectivity index (χ1n) is 12.6. The van der Waals surface area contributed by atoms with Crippen LogP contribution >= 0.6 is 23.8 Å². The van der Waals surface area contributed by atoms with E-state index in [2.05, 4.69) is 45.0 Å². The van der Waals surface area contributed by atoms with Gasteiger partial charge in [-0.3, -0.25) is 9.78 Å². The number of nitrogens with zero attached hydrogens (tertiary/aromatic N) is 3. The van der Waals surface area contributed by atoms with Gasteiger partial charge < -0.3 is 20.1 Å². The third-order valence-corrected chi connectivity index (χ3v) is 7.67. The van der Waals surface area contributed by atoms with Crippen LogP contribution in [0.2, 0.25) is 5.02 Å². The Hall–Kier alpha value is -3.68. The zero-order valence-electron chi connectivity index (χ0n) is 21.6. The molecule has 0 unspecified atom stereocenters. The van der Waals surface area contributed by atoms with Gasteiger partial charge in [-0.1, -0.05) is 47.5 Å². The van der Waals surface area contributed by atoms with E-state index < -0.39 is 0 Å². The summed E-state index contributed by atoms with van der Waals surface area (Å²) in [4.78, 5) is 19.6. The molecule has 5 rings (SSSR count).